The molecule has 76 valence electrons. The highest BCUT2D eigenvalue weighted by atomic mass is 16.5. The fraction of sp³-hybridized carbons (Fsp3) is 0.818. The van der Waals surface area contributed by atoms with Gasteiger partial charge in [0, 0.05) is 12.6 Å². The molecule has 3 heteroatoms. The van der Waals surface area contributed by atoms with E-state index in [0.717, 1.165) is 24.7 Å². The summed E-state index contributed by atoms with van der Waals surface area (Å²) < 4.78 is 5.71. The van der Waals surface area contributed by atoms with E-state index in [1.807, 2.05) is 6.92 Å². The van der Waals surface area contributed by atoms with E-state index in [0.29, 0.717) is 18.2 Å². The van der Waals surface area contributed by atoms with Crippen molar-refractivity contribution in [2.75, 3.05) is 0 Å². The van der Waals surface area contributed by atoms with Gasteiger partial charge in [0.05, 0.1) is 12.1 Å². The summed E-state index contributed by atoms with van der Waals surface area (Å²) in [6.07, 6.45) is 3.79. The maximum atomic E-state index is 5.71. The zero-order valence-corrected chi connectivity index (χ0v) is 8.73. The Hall–Kier alpha value is -0.860. The third-order valence-corrected chi connectivity index (χ3v) is 3.60. The van der Waals surface area contributed by atoms with Crippen LogP contribution in [0.15, 0.2) is 9.98 Å². The molecule has 0 N–H and O–H groups in total. The van der Waals surface area contributed by atoms with E-state index in [2.05, 4.69) is 16.9 Å². The van der Waals surface area contributed by atoms with Gasteiger partial charge in [-0.3, -0.25) is 4.99 Å². The Morgan fingerprint density at radius 3 is 2.86 bits per heavy atom. The molecule has 1 aliphatic carbocycles. The van der Waals surface area contributed by atoms with E-state index in [1.165, 1.54) is 12.1 Å². The summed E-state index contributed by atoms with van der Waals surface area (Å²) in [5.74, 6) is 1.61. The van der Waals surface area contributed by atoms with Gasteiger partial charge in [-0.15, -0.1) is 0 Å². The minimum absolute atomic E-state index is 0.359. The molecule has 0 aromatic rings. The van der Waals surface area contributed by atoms with Crippen molar-refractivity contribution in [2.24, 2.45) is 15.9 Å². The van der Waals surface area contributed by atoms with Crippen LogP contribution in [0.5, 0.6) is 0 Å². The van der Waals surface area contributed by atoms with Crippen molar-refractivity contribution in [3.05, 3.63) is 0 Å². The molecule has 0 radical (unpaired) electrons. The summed E-state index contributed by atoms with van der Waals surface area (Å²) >= 11 is 0. The van der Waals surface area contributed by atoms with Crippen LogP contribution in [0.1, 0.15) is 33.1 Å². The number of hydrogen-bond acceptors (Lipinski definition) is 3. The van der Waals surface area contributed by atoms with Gasteiger partial charge in [-0.25, -0.2) is 4.99 Å². The van der Waals surface area contributed by atoms with Crippen molar-refractivity contribution in [3.63, 3.8) is 0 Å². The van der Waals surface area contributed by atoms with Crippen LogP contribution in [-0.4, -0.2) is 29.8 Å². The molecular formula is C11H16N2O. The average Bonchev–Trinajstić information content (AvgIpc) is 2.59. The Bertz CT molecular complexity index is 291. The van der Waals surface area contributed by atoms with Gasteiger partial charge in [-0.05, 0) is 32.1 Å². The third kappa shape index (κ3) is 1.18. The van der Waals surface area contributed by atoms with E-state index >= 15 is 0 Å². The lowest BCUT2D eigenvalue weighted by molar-refractivity contribution is 0.115. The summed E-state index contributed by atoms with van der Waals surface area (Å²) in [6, 6.07) is 0.931. The normalized spacial score (nSPS) is 45.0. The molecule has 3 rings (SSSR count). The highest BCUT2D eigenvalue weighted by molar-refractivity contribution is 5.84. The molecule has 1 saturated carbocycles. The van der Waals surface area contributed by atoms with E-state index in [-0.39, 0.29) is 0 Å². The van der Waals surface area contributed by atoms with Crippen molar-refractivity contribution in [2.45, 2.75) is 51.3 Å². The summed E-state index contributed by atoms with van der Waals surface area (Å²) in [5.41, 5.74) is 1.32. The Morgan fingerprint density at radius 2 is 2.00 bits per heavy atom. The molecule has 0 spiro atoms. The van der Waals surface area contributed by atoms with Crippen molar-refractivity contribution in [1.29, 1.82) is 0 Å². The Balaban J connectivity index is 1.79. The van der Waals surface area contributed by atoms with Crippen LogP contribution < -0.4 is 0 Å². The van der Waals surface area contributed by atoms with Crippen LogP contribution >= 0.6 is 0 Å². The third-order valence-electron chi connectivity index (χ3n) is 3.60. The molecule has 0 amide bonds. The smallest absolute Gasteiger partial charge is 0.180 e. The molecule has 14 heavy (non-hydrogen) atoms. The molecular weight excluding hydrogens is 176 g/mol. The van der Waals surface area contributed by atoms with Crippen molar-refractivity contribution in [3.8, 4) is 0 Å². The maximum Gasteiger partial charge on any atom is 0.180 e. The SMILES string of the molecule is CC1=NC2CC3N=C(C)OC3CC2C1. The second-order valence-electron chi connectivity index (χ2n) is 4.74. The summed E-state index contributed by atoms with van der Waals surface area (Å²) in [5, 5.41) is 0. The quantitative estimate of drug-likeness (QED) is 0.576. The first-order valence-electron chi connectivity index (χ1n) is 5.46. The lowest BCUT2D eigenvalue weighted by Gasteiger charge is -2.31. The molecule has 3 nitrogen and oxygen atoms in total. The fourth-order valence-electron chi connectivity index (χ4n) is 3.04. The fourth-order valence-corrected chi connectivity index (χ4v) is 3.04. The predicted molar refractivity (Wildman–Crippen MR) is 56.0 cm³/mol. The first-order valence-corrected chi connectivity index (χ1v) is 5.46. The Labute approximate surface area is 84.3 Å². The number of hydrogen-bond donors (Lipinski definition) is 0. The van der Waals surface area contributed by atoms with Crippen LogP contribution in [0, 0.1) is 5.92 Å². The molecule has 0 saturated heterocycles. The van der Waals surface area contributed by atoms with Gasteiger partial charge in [-0.2, -0.15) is 0 Å². The highest BCUT2D eigenvalue weighted by Crippen LogP contribution is 2.38. The van der Waals surface area contributed by atoms with Crippen molar-refractivity contribution >= 4 is 11.6 Å². The molecule has 0 bridgehead atoms. The van der Waals surface area contributed by atoms with Crippen LogP contribution in [-0.2, 0) is 4.74 Å². The van der Waals surface area contributed by atoms with Gasteiger partial charge < -0.3 is 4.74 Å². The molecule has 0 aromatic carbocycles. The van der Waals surface area contributed by atoms with Gasteiger partial charge >= 0.3 is 0 Å². The second kappa shape index (κ2) is 2.81. The lowest BCUT2D eigenvalue weighted by Crippen LogP contribution is -2.37. The highest BCUT2D eigenvalue weighted by Gasteiger charge is 2.43. The van der Waals surface area contributed by atoms with Gasteiger partial charge in [0.25, 0.3) is 0 Å². The maximum absolute atomic E-state index is 5.71. The molecule has 3 aliphatic rings. The van der Waals surface area contributed by atoms with E-state index in [4.69, 9.17) is 4.74 Å². The Morgan fingerprint density at radius 1 is 1.14 bits per heavy atom. The molecule has 4 atom stereocenters. The number of ether oxygens (including phenoxy) is 1. The van der Waals surface area contributed by atoms with Crippen LogP contribution in [0.3, 0.4) is 0 Å². The van der Waals surface area contributed by atoms with Gasteiger partial charge in [0.15, 0.2) is 5.90 Å². The van der Waals surface area contributed by atoms with Gasteiger partial charge in [0.2, 0.25) is 0 Å². The first kappa shape index (κ1) is 8.45. The van der Waals surface area contributed by atoms with E-state index < -0.39 is 0 Å². The Kier molecular flexibility index (Phi) is 1.70. The van der Waals surface area contributed by atoms with Gasteiger partial charge in [0.1, 0.15) is 6.10 Å². The largest absolute Gasteiger partial charge is 0.476 e. The van der Waals surface area contributed by atoms with Gasteiger partial charge in [-0.1, -0.05) is 0 Å². The molecule has 2 heterocycles. The lowest BCUT2D eigenvalue weighted by atomic mass is 9.80. The van der Waals surface area contributed by atoms with E-state index in [1.54, 1.807) is 0 Å². The predicted octanol–water partition coefficient (Wildman–Crippen LogP) is 1.82. The molecule has 0 aromatic heterocycles. The number of rotatable bonds is 0. The minimum atomic E-state index is 0.359. The van der Waals surface area contributed by atoms with Crippen molar-refractivity contribution < 1.29 is 4.74 Å². The summed E-state index contributed by atoms with van der Waals surface area (Å²) in [6.45, 7) is 4.10. The van der Waals surface area contributed by atoms with Crippen LogP contribution in [0.4, 0.5) is 0 Å². The minimum Gasteiger partial charge on any atom is -0.476 e. The number of fused-ring (bicyclic) bond motifs is 2. The van der Waals surface area contributed by atoms with Crippen LogP contribution in [0.2, 0.25) is 0 Å². The summed E-state index contributed by atoms with van der Waals surface area (Å²) in [7, 11) is 0. The van der Waals surface area contributed by atoms with Crippen LogP contribution in [0.25, 0.3) is 0 Å². The monoisotopic (exact) mass is 192 g/mol. The summed E-state index contributed by atoms with van der Waals surface area (Å²) in [4.78, 5) is 9.21. The van der Waals surface area contributed by atoms with E-state index in [9.17, 15) is 0 Å². The molecule has 4 unspecified atom stereocenters. The zero-order valence-electron chi connectivity index (χ0n) is 8.73. The van der Waals surface area contributed by atoms with Crippen molar-refractivity contribution in [1.82, 2.24) is 0 Å². The average molecular weight is 192 g/mol. The first-order chi connectivity index (χ1) is 6.72. The topological polar surface area (TPSA) is 34.0 Å². The molecule has 1 fully saturated rings. The molecule has 2 aliphatic heterocycles. The number of nitrogens with zero attached hydrogens (tertiary/aromatic N) is 2. The number of aliphatic imine (C=N–C) groups is 2. The second-order valence-corrected chi connectivity index (χ2v) is 4.74. The standard InChI is InChI=1S/C11H16N2O/c1-6-3-8-4-11-10(5-9(8)12-6)13-7(2)14-11/h8-11H,3-5H2,1-2H3. The zero-order chi connectivity index (χ0) is 9.71.